The highest BCUT2D eigenvalue weighted by molar-refractivity contribution is 7.48. The van der Waals surface area contributed by atoms with E-state index in [2.05, 4.69) is 9.47 Å². The molecular weight excluding hydrogens is 649 g/mol. The van der Waals surface area contributed by atoms with Gasteiger partial charge in [-0.3, -0.25) is 4.89 Å². The number of fused-ring (bicyclic) bond motifs is 7. The zero-order valence-corrected chi connectivity index (χ0v) is 24.5. The molecule has 0 aliphatic carbocycles. The van der Waals surface area contributed by atoms with Crippen LogP contribution in [-0.2, 0) is 4.57 Å². The van der Waals surface area contributed by atoms with Gasteiger partial charge in [0.25, 0.3) is 0 Å². The summed E-state index contributed by atoms with van der Waals surface area (Å²) in [6.07, 6.45) is -10.1. The second kappa shape index (κ2) is 11.0. The van der Waals surface area contributed by atoms with Crippen LogP contribution in [0.2, 0.25) is 0 Å². The van der Waals surface area contributed by atoms with Crippen LogP contribution in [0.4, 0.5) is 26.3 Å². The minimum atomic E-state index is -5.18. The van der Waals surface area contributed by atoms with Crippen molar-refractivity contribution in [3.8, 4) is 56.4 Å². The Labute approximate surface area is 261 Å². The lowest BCUT2D eigenvalue weighted by Gasteiger charge is -2.20. The summed E-state index contributed by atoms with van der Waals surface area (Å²) in [4.78, 5) is 11.1. The maximum Gasteiger partial charge on any atom is 0.584 e. The molecule has 0 fully saturated rings. The molecule has 13 heteroatoms. The van der Waals surface area contributed by atoms with Gasteiger partial charge in [0.1, 0.15) is 23.0 Å². The van der Waals surface area contributed by atoms with Crippen molar-refractivity contribution in [1.82, 2.24) is 0 Å². The van der Waals surface area contributed by atoms with Gasteiger partial charge in [-0.25, -0.2) is 4.57 Å². The van der Waals surface area contributed by atoms with Gasteiger partial charge in [0, 0.05) is 33.4 Å². The van der Waals surface area contributed by atoms with Gasteiger partial charge >= 0.3 is 20.5 Å². The van der Waals surface area contributed by atoms with Gasteiger partial charge in [0.15, 0.2) is 0 Å². The molecule has 0 unspecified atom stereocenters. The fourth-order valence-corrected chi connectivity index (χ4v) is 6.68. The average Bonchev–Trinajstić information content (AvgIpc) is 3.13. The van der Waals surface area contributed by atoms with Crippen LogP contribution in [0.15, 0.2) is 109 Å². The molecule has 0 amide bonds. The average molecular weight is 668 g/mol. The number of phosphoric ester groups is 1. The summed E-state index contributed by atoms with van der Waals surface area (Å²) in [7, 11) is -5.18. The van der Waals surface area contributed by atoms with Crippen LogP contribution in [-0.4, -0.2) is 17.6 Å². The van der Waals surface area contributed by atoms with Gasteiger partial charge in [-0.1, -0.05) is 84.9 Å². The molecule has 1 heterocycles. The van der Waals surface area contributed by atoms with Crippen molar-refractivity contribution < 1.29 is 54.3 Å². The van der Waals surface area contributed by atoms with Gasteiger partial charge in [-0.2, -0.15) is 0 Å². The third-order valence-electron chi connectivity index (χ3n) is 7.47. The van der Waals surface area contributed by atoms with E-state index in [1.54, 1.807) is 48.5 Å². The first-order chi connectivity index (χ1) is 22.3. The first kappa shape index (κ1) is 30.5. The molecule has 238 valence electrons. The Morgan fingerprint density at radius 1 is 0.532 bits per heavy atom. The summed E-state index contributed by atoms with van der Waals surface area (Å²) in [5, 5.41) is 1.91. The summed E-state index contributed by atoms with van der Waals surface area (Å²) in [6.45, 7) is 0. The van der Waals surface area contributed by atoms with Crippen molar-refractivity contribution in [2.45, 2.75) is 12.7 Å². The van der Waals surface area contributed by atoms with Crippen LogP contribution in [0, 0.1) is 0 Å². The summed E-state index contributed by atoms with van der Waals surface area (Å²) in [5.41, 5.74) is 0.0429. The normalized spacial score (nSPS) is 14.0. The smallest absolute Gasteiger partial charge is 0.405 e. The van der Waals surface area contributed by atoms with Crippen molar-refractivity contribution in [2.75, 3.05) is 0 Å². The number of hydrogen-bond donors (Lipinski definition) is 1. The lowest BCUT2D eigenvalue weighted by molar-refractivity contribution is -0.275. The number of ether oxygens (including phenoxy) is 2. The molecule has 0 aromatic heterocycles. The summed E-state index contributed by atoms with van der Waals surface area (Å²) < 4.78 is 115. The van der Waals surface area contributed by atoms with Crippen LogP contribution in [0.5, 0.6) is 23.0 Å². The van der Waals surface area contributed by atoms with Gasteiger partial charge in [0.2, 0.25) is 0 Å². The molecule has 6 aromatic rings. The highest BCUT2D eigenvalue weighted by Gasteiger charge is 2.40. The quantitative estimate of drug-likeness (QED) is 0.149. The van der Waals surface area contributed by atoms with Crippen molar-refractivity contribution in [1.29, 1.82) is 0 Å². The Kier molecular flexibility index (Phi) is 7.11. The van der Waals surface area contributed by atoms with Crippen molar-refractivity contribution in [2.24, 2.45) is 0 Å². The van der Waals surface area contributed by atoms with E-state index in [1.807, 2.05) is 0 Å². The Hall–Kier alpha value is -5.19. The Bertz CT molecular complexity index is 2090. The van der Waals surface area contributed by atoms with E-state index in [0.717, 1.165) is 12.1 Å². The van der Waals surface area contributed by atoms with Crippen molar-refractivity contribution in [3.05, 3.63) is 109 Å². The Morgan fingerprint density at radius 2 is 0.894 bits per heavy atom. The van der Waals surface area contributed by atoms with Gasteiger partial charge in [0.05, 0.1) is 0 Å². The SMILES string of the molecule is O=P1(O)Oc2c(-c3ccccc3OC(F)(F)F)cc3ccccc3c2-c2c(c(-c3ccccc3OC(F)(F)F)cc3ccccc23)O1. The van der Waals surface area contributed by atoms with E-state index in [-0.39, 0.29) is 44.9 Å². The van der Waals surface area contributed by atoms with Crippen LogP contribution in [0.1, 0.15) is 0 Å². The van der Waals surface area contributed by atoms with Crippen LogP contribution >= 0.6 is 7.82 Å². The van der Waals surface area contributed by atoms with Crippen LogP contribution < -0.4 is 18.5 Å². The third-order valence-corrected chi connectivity index (χ3v) is 8.30. The third kappa shape index (κ3) is 5.82. The molecule has 0 radical (unpaired) electrons. The molecule has 6 aromatic carbocycles. The van der Waals surface area contributed by atoms with E-state index in [4.69, 9.17) is 9.05 Å². The predicted octanol–water partition coefficient (Wildman–Crippen LogP) is 10.7. The number of halogens is 6. The number of alkyl halides is 6. The number of para-hydroxylation sites is 2. The van der Waals surface area contributed by atoms with Crippen LogP contribution in [0.3, 0.4) is 0 Å². The van der Waals surface area contributed by atoms with Crippen molar-refractivity contribution in [3.63, 3.8) is 0 Å². The zero-order valence-electron chi connectivity index (χ0n) is 23.6. The predicted molar refractivity (Wildman–Crippen MR) is 162 cm³/mol. The highest BCUT2D eigenvalue weighted by Crippen LogP contribution is 2.62. The lowest BCUT2D eigenvalue weighted by atomic mass is 9.86. The first-order valence-corrected chi connectivity index (χ1v) is 15.3. The number of rotatable bonds is 4. The molecule has 0 atom stereocenters. The van der Waals surface area contributed by atoms with E-state index < -0.39 is 32.0 Å². The highest BCUT2D eigenvalue weighted by atomic mass is 31.2. The molecule has 47 heavy (non-hydrogen) atoms. The fraction of sp³-hybridized carbons (Fsp3) is 0.0588. The molecular formula is C34H19F6O6P. The maximum absolute atomic E-state index is 13.7. The summed E-state index contributed by atoms with van der Waals surface area (Å²) in [6, 6.07) is 26.9. The minimum Gasteiger partial charge on any atom is -0.405 e. The molecule has 1 aliphatic heterocycles. The summed E-state index contributed by atoms with van der Waals surface area (Å²) >= 11 is 0. The maximum atomic E-state index is 13.7. The van der Waals surface area contributed by atoms with E-state index in [9.17, 15) is 35.8 Å². The summed E-state index contributed by atoms with van der Waals surface area (Å²) in [5.74, 6) is -1.80. The molecule has 1 aliphatic rings. The Morgan fingerprint density at radius 3 is 1.30 bits per heavy atom. The second-order valence-corrected chi connectivity index (χ2v) is 11.7. The number of hydrogen-bond acceptors (Lipinski definition) is 5. The molecule has 0 bridgehead atoms. The zero-order chi connectivity index (χ0) is 33.1. The first-order valence-electron chi connectivity index (χ1n) is 13.8. The van der Waals surface area contributed by atoms with E-state index >= 15 is 0 Å². The number of phosphoric acid groups is 1. The molecule has 0 saturated carbocycles. The second-order valence-electron chi connectivity index (χ2n) is 10.4. The fourth-order valence-electron chi connectivity index (χ4n) is 5.80. The van der Waals surface area contributed by atoms with Crippen molar-refractivity contribution >= 4 is 29.4 Å². The van der Waals surface area contributed by atoms with Gasteiger partial charge in [-0.05, 0) is 45.8 Å². The van der Waals surface area contributed by atoms with E-state index in [0.29, 0.717) is 21.5 Å². The molecule has 0 saturated heterocycles. The van der Waals surface area contributed by atoms with Gasteiger partial charge < -0.3 is 18.5 Å². The number of benzene rings is 6. The molecule has 6 nitrogen and oxygen atoms in total. The van der Waals surface area contributed by atoms with Crippen LogP contribution in [0.25, 0.3) is 54.9 Å². The molecule has 7 rings (SSSR count). The molecule has 0 spiro atoms. The van der Waals surface area contributed by atoms with Gasteiger partial charge in [-0.15, -0.1) is 26.3 Å². The largest absolute Gasteiger partial charge is 0.584 e. The van der Waals surface area contributed by atoms with E-state index in [1.165, 1.54) is 48.5 Å². The minimum absolute atomic E-state index is 0.0282. The lowest BCUT2D eigenvalue weighted by Crippen LogP contribution is -2.17. The monoisotopic (exact) mass is 668 g/mol. The molecule has 1 N–H and O–H groups in total. The Balaban J connectivity index is 1.65. The topological polar surface area (TPSA) is 74.2 Å². The standard InChI is InChI=1S/C34H19F6O6P/c35-33(36,37)43-27-15-7-5-13-23(27)25-17-19-9-1-3-11-21(19)29-30-22-12-4-2-10-20(22)18-26(32(30)46-47(41,42)45-31(25)29)24-14-6-8-16-28(24)44-34(38,39)40/h1-18H,(H,41,42).